The lowest BCUT2D eigenvalue weighted by Gasteiger charge is -2.35. The number of hydrogen-bond acceptors (Lipinski definition) is 7. The Hall–Kier alpha value is -1.38. The minimum atomic E-state index is -0.719. The van der Waals surface area contributed by atoms with Gasteiger partial charge >= 0.3 is 0 Å². The van der Waals surface area contributed by atoms with Gasteiger partial charge in [0.1, 0.15) is 16.2 Å². The first-order valence-electron chi connectivity index (χ1n) is 8.80. The van der Waals surface area contributed by atoms with Gasteiger partial charge in [-0.05, 0) is 19.3 Å². The molecule has 0 radical (unpaired) electrons. The van der Waals surface area contributed by atoms with Crippen molar-refractivity contribution in [1.82, 2.24) is 9.97 Å². The molecule has 0 bridgehead atoms. The predicted octanol–water partition coefficient (Wildman–Crippen LogP) is 3.35. The van der Waals surface area contributed by atoms with Crippen molar-refractivity contribution < 1.29 is 9.21 Å². The van der Waals surface area contributed by atoms with Crippen LogP contribution in [0.1, 0.15) is 63.1 Å². The third-order valence-corrected chi connectivity index (χ3v) is 7.17. The fourth-order valence-corrected chi connectivity index (χ4v) is 5.30. The van der Waals surface area contributed by atoms with Crippen LogP contribution in [-0.2, 0) is 21.4 Å². The summed E-state index contributed by atoms with van der Waals surface area (Å²) in [5.41, 5.74) is 11.1. The lowest BCUT2D eigenvalue weighted by molar-refractivity contribution is -0.125. The van der Waals surface area contributed by atoms with Gasteiger partial charge < -0.3 is 15.9 Å². The zero-order valence-corrected chi connectivity index (χ0v) is 17.1. The molecule has 0 aliphatic heterocycles. The Bertz CT molecular complexity index is 780. The molecule has 1 amide bonds. The summed E-state index contributed by atoms with van der Waals surface area (Å²) in [4.78, 5) is 21.1. The number of carbonyl (C=O) groups excluding carboxylic acids is 1. The molecule has 8 heteroatoms. The van der Waals surface area contributed by atoms with E-state index in [1.54, 1.807) is 18.0 Å². The van der Waals surface area contributed by atoms with Crippen LogP contribution in [0.4, 0.5) is 0 Å². The monoisotopic (exact) mass is 394 g/mol. The number of primary amides is 1. The normalized spacial score (nSPS) is 23.9. The topological polar surface area (TPSA) is 108 Å². The molecule has 0 aromatic carbocycles. The second-order valence-corrected chi connectivity index (χ2v) is 10.3. The Kier molecular flexibility index (Phi) is 5.46. The highest BCUT2D eigenvalue weighted by Crippen LogP contribution is 2.42. The standard InChI is InChI=1S/C18H26N4O2S2/c1-17(2,3)12-8-21-13(24-12)10-25-14-9-22-16(26-14)18(15(20)23)6-4-5-11(19)7-18/h8-9,11H,4-7,10,19H2,1-3H3,(H2,20,23). The molecule has 142 valence electrons. The van der Waals surface area contributed by atoms with Crippen LogP contribution >= 0.6 is 23.1 Å². The van der Waals surface area contributed by atoms with Crippen molar-refractivity contribution in [2.45, 2.75) is 73.3 Å². The van der Waals surface area contributed by atoms with Crippen LogP contribution in [0.5, 0.6) is 0 Å². The number of amides is 1. The van der Waals surface area contributed by atoms with E-state index in [0.29, 0.717) is 18.1 Å². The van der Waals surface area contributed by atoms with Crippen LogP contribution in [-0.4, -0.2) is 21.9 Å². The molecule has 0 saturated heterocycles. The van der Waals surface area contributed by atoms with Crippen LogP contribution in [0, 0.1) is 0 Å². The smallest absolute Gasteiger partial charge is 0.230 e. The largest absolute Gasteiger partial charge is 0.444 e. The second-order valence-electron chi connectivity index (χ2n) is 7.94. The van der Waals surface area contributed by atoms with Gasteiger partial charge in [0.15, 0.2) is 0 Å². The predicted molar refractivity (Wildman–Crippen MR) is 104 cm³/mol. The highest BCUT2D eigenvalue weighted by Gasteiger charge is 2.44. The van der Waals surface area contributed by atoms with E-state index in [4.69, 9.17) is 15.9 Å². The summed E-state index contributed by atoms with van der Waals surface area (Å²) in [6.07, 6.45) is 6.74. The van der Waals surface area contributed by atoms with Gasteiger partial charge in [0.05, 0.1) is 22.4 Å². The first-order chi connectivity index (χ1) is 12.2. The minimum Gasteiger partial charge on any atom is -0.444 e. The summed E-state index contributed by atoms with van der Waals surface area (Å²) in [5.74, 6) is 1.88. The molecule has 1 aliphatic rings. The first kappa shape index (κ1) is 19.4. The lowest BCUT2D eigenvalue weighted by Crippen LogP contribution is -2.48. The van der Waals surface area contributed by atoms with Crippen LogP contribution in [0.2, 0.25) is 0 Å². The molecule has 0 spiro atoms. The summed E-state index contributed by atoms with van der Waals surface area (Å²) >= 11 is 3.14. The van der Waals surface area contributed by atoms with E-state index in [-0.39, 0.29) is 17.4 Å². The van der Waals surface area contributed by atoms with E-state index in [0.717, 1.165) is 34.2 Å². The van der Waals surface area contributed by atoms with E-state index in [9.17, 15) is 4.79 Å². The van der Waals surface area contributed by atoms with Gasteiger partial charge in [-0.2, -0.15) is 0 Å². The third kappa shape index (κ3) is 3.97. The Labute approximate surface area is 162 Å². The average molecular weight is 395 g/mol. The quantitative estimate of drug-likeness (QED) is 0.753. The molecule has 2 aromatic rings. The number of nitrogens with zero attached hydrogens (tertiary/aromatic N) is 2. The summed E-state index contributed by atoms with van der Waals surface area (Å²) in [5, 5.41) is 0.783. The van der Waals surface area contributed by atoms with Gasteiger partial charge in [-0.25, -0.2) is 9.97 Å². The Balaban J connectivity index is 1.71. The van der Waals surface area contributed by atoms with Crippen molar-refractivity contribution in [3.63, 3.8) is 0 Å². The molecule has 26 heavy (non-hydrogen) atoms. The maximum absolute atomic E-state index is 12.2. The van der Waals surface area contributed by atoms with E-state index >= 15 is 0 Å². The number of aromatic nitrogens is 2. The molecule has 1 saturated carbocycles. The molecule has 3 rings (SSSR count). The van der Waals surface area contributed by atoms with Crippen molar-refractivity contribution >= 4 is 29.0 Å². The van der Waals surface area contributed by atoms with Crippen LogP contribution in [0.3, 0.4) is 0 Å². The van der Waals surface area contributed by atoms with E-state index in [1.807, 2.05) is 6.20 Å². The second kappa shape index (κ2) is 7.32. The summed E-state index contributed by atoms with van der Waals surface area (Å²) in [6, 6.07) is -0.000564. The molecule has 2 heterocycles. The number of carbonyl (C=O) groups is 1. The van der Waals surface area contributed by atoms with Crippen LogP contribution < -0.4 is 11.5 Å². The van der Waals surface area contributed by atoms with Gasteiger partial charge in [0.25, 0.3) is 0 Å². The number of thioether (sulfide) groups is 1. The molecule has 1 fully saturated rings. The van der Waals surface area contributed by atoms with Gasteiger partial charge in [-0.15, -0.1) is 23.1 Å². The highest BCUT2D eigenvalue weighted by atomic mass is 32.2. The Morgan fingerprint density at radius 3 is 2.81 bits per heavy atom. The number of rotatable bonds is 5. The average Bonchev–Trinajstić information content (AvgIpc) is 3.22. The van der Waals surface area contributed by atoms with Crippen molar-refractivity contribution in [1.29, 1.82) is 0 Å². The number of oxazole rings is 1. The van der Waals surface area contributed by atoms with E-state index < -0.39 is 5.41 Å². The van der Waals surface area contributed by atoms with Gasteiger partial charge in [-0.3, -0.25) is 4.79 Å². The zero-order chi connectivity index (χ0) is 18.9. The molecule has 2 aromatic heterocycles. The molecule has 1 aliphatic carbocycles. The maximum atomic E-state index is 12.2. The molecule has 6 nitrogen and oxygen atoms in total. The van der Waals surface area contributed by atoms with Gasteiger partial charge in [0, 0.05) is 11.5 Å². The van der Waals surface area contributed by atoms with E-state index in [1.165, 1.54) is 11.3 Å². The van der Waals surface area contributed by atoms with Crippen LogP contribution in [0.15, 0.2) is 21.0 Å². The third-order valence-electron chi connectivity index (χ3n) is 4.79. The Morgan fingerprint density at radius 1 is 1.42 bits per heavy atom. The summed E-state index contributed by atoms with van der Waals surface area (Å²) < 4.78 is 6.85. The minimum absolute atomic E-state index is 0.000564. The molecular weight excluding hydrogens is 368 g/mol. The van der Waals surface area contributed by atoms with Gasteiger partial charge in [-0.1, -0.05) is 27.2 Å². The lowest BCUT2D eigenvalue weighted by atomic mass is 9.72. The molecular formula is C18H26N4O2S2. The van der Waals surface area contributed by atoms with Crippen molar-refractivity contribution in [2.24, 2.45) is 11.5 Å². The number of hydrogen-bond donors (Lipinski definition) is 2. The zero-order valence-electron chi connectivity index (χ0n) is 15.4. The van der Waals surface area contributed by atoms with E-state index in [2.05, 4.69) is 30.7 Å². The van der Waals surface area contributed by atoms with Crippen LogP contribution in [0.25, 0.3) is 0 Å². The molecule has 4 N–H and O–H groups in total. The SMILES string of the molecule is CC(C)(C)c1cnc(CSc2cnc(C3(C(N)=O)CCCC(N)C3)s2)o1. The number of thiazole rings is 1. The first-order valence-corrected chi connectivity index (χ1v) is 10.6. The fraction of sp³-hybridized carbons (Fsp3) is 0.611. The number of nitrogens with two attached hydrogens (primary N) is 2. The van der Waals surface area contributed by atoms with Crippen molar-refractivity contribution in [2.75, 3.05) is 0 Å². The summed E-state index contributed by atoms with van der Waals surface area (Å²) in [7, 11) is 0. The molecule has 2 atom stereocenters. The maximum Gasteiger partial charge on any atom is 0.230 e. The van der Waals surface area contributed by atoms with Gasteiger partial charge in [0.2, 0.25) is 11.8 Å². The highest BCUT2D eigenvalue weighted by molar-refractivity contribution is 8.00. The van der Waals surface area contributed by atoms with Crippen molar-refractivity contribution in [3.05, 3.63) is 29.1 Å². The fourth-order valence-electron chi connectivity index (χ4n) is 3.25. The Morgan fingerprint density at radius 2 is 2.19 bits per heavy atom. The molecule has 2 unspecified atom stereocenters. The van der Waals surface area contributed by atoms with Crippen molar-refractivity contribution in [3.8, 4) is 0 Å². The summed E-state index contributed by atoms with van der Waals surface area (Å²) in [6.45, 7) is 6.29.